The van der Waals surface area contributed by atoms with Gasteiger partial charge >= 0.3 is 5.97 Å². The monoisotopic (exact) mass is 406 g/mol. The van der Waals surface area contributed by atoms with Crippen molar-refractivity contribution in [2.75, 3.05) is 6.54 Å². The number of ether oxygens (including phenoxy) is 1. The highest BCUT2D eigenvalue weighted by molar-refractivity contribution is 6.07. The number of likely N-dealkylation sites (tertiary alicyclic amines) is 1. The summed E-state index contributed by atoms with van der Waals surface area (Å²) in [7, 11) is 0. The third-order valence-electron chi connectivity index (χ3n) is 5.42. The Morgan fingerprint density at radius 3 is 2.47 bits per heavy atom. The molecule has 1 aliphatic carbocycles. The maximum atomic E-state index is 12.6. The Balaban J connectivity index is 1.49. The van der Waals surface area contributed by atoms with Crippen LogP contribution in [0.4, 0.5) is 0 Å². The van der Waals surface area contributed by atoms with Crippen molar-refractivity contribution in [3.8, 4) is 6.07 Å². The number of allylic oxidation sites excluding steroid dienone is 2. The zero-order chi connectivity index (χ0) is 21.3. The molecular formula is C21H18N4O5. The topological polar surface area (TPSA) is 122 Å². The van der Waals surface area contributed by atoms with Gasteiger partial charge in [-0.1, -0.05) is 24.3 Å². The van der Waals surface area contributed by atoms with E-state index in [9.17, 15) is 19.2 Å². The van der Waals surface area contributed by atoms with Gasteiger partial charge in [-0.3, -0.25) is 28.6 Å². The Hall–Kier alpha value is -3.80. The molecule has 4 rings (SSSR count). The highest BCUT2D eigenvalue weighted by Crippen LogP contribution is 2.34. The first-order valence-corrected chi connectivity index (χ1v) is 9.52. The van der Waals surface area contributed by atoms with Gasteiger partial charge in [0.05, 0.1) is 28.8 Å². The van der Waals surface area contributed by atoms with E-state index < -0.39 is 29.9 Å². The molecule has 152 valence electrons. The molecule has 2 atom stereocenters. The van der Waals surface area contributed by atoms with Gasteiger partial charge in [-0.15, -0.1) is 0 Å². The van der Waals surface area contributed by atoms with Crippen LogP contribution < -0.4 is 5.56 Å². The van der Waals surface area contributed by atoms with Crippen molar-refractivity contribution in [3.05, 3.63) is 52.6 Å². The van der Waals surface area contributed by atoms with E-state index in [-0.39, 0.29) is 30.8 Å². The smallest absolute Gasteiger partial charge is 0.326 e. The van der Waals surface area contributed by atoms with Crippen LogP contribution in [0.25, 0.3) is 10.9 Å². The number of para-hydroxylation sites is 1. The van der Waals surface area contributed by atoms with Crippen LogP contribution in [-0.2, 0) is 32.3 Å². The van der Waals surface area contributed by atoms with E-state index in [1.807, 2.05) is 18.2 Å². The van der Waals surface area contributed by atoms with Crippen molar-refractivity contribution >= 4 is 28.7 Å². The predicted molar refractivity (Wildman–Crippen MR) is 103 cm³/mol. The van der Waals surface area contributed by atoms with E-state index in [1.54, 1.807) is 24.3 Å². The van der Waals surface area contributed by atoms with E-state index >= 15 is 0 Å². The van der Waals surface area contributed by atoms with Crippen molar-refractivity contribution < 1.29 is 19.1 Å². The number of rotatable bonds is 5. The molecule has 30 heavy (non-hydrogen) atoms. The molecule has 2 heterocycles. The molecule has 9 heteroatoms. The van der Waals surface area contributed by atoms with Crippen LogP contribution in [0.1, 0.15) is 18.7 Å². The van der Waals surface area contributed by atoms with Crippen molar-refractivity contribution in [2.45, 2.75) is 26.0 Å². The summed E-state index contributed by atoms with van der Waals surface area (Å²) in [6, 6.07) is 8.56. The lowest BCUT2D eigenvalue weighted by atomic mass is 9.85. The average Bonchev–Trinajstić information content (AvgIpc) is 3.00. The number of hydrogen-bond acceptors (Lipinski definition) is 7. The van der Waals surface area contributed by atoms with Gasteiger partial charge in [0.1, 0.15) is 19.7 Å². The summed E-state index contributed by atoms with van der Waals surface area (Å²) in [6.07, 6.45) is 4.71. The minimum atomic E-state index is -0.783. The lowest BCUT2D eigenvalue weighted by molar-refractivity contribution is -0.154. The Kier molecular flexibility index (Phi) is 5.14. The molecule has 2 aromatic rings. The largest absolute Gasteiger partial charge is 0.456 e. The van der Waals surface area contributed by atoms with Crippen LogP contribution in [-0.4, -0.2) is 38.8 Å². The fourth-order valence-corrected chi connectivity index (χ4v) is 3.90. The summed E-state index contributed by atoms with van der Waals surface area (Å²) >= 11 is 0. The molecule has 1 aromatic carbocycles. The second kappa shape index (κ2) is 7.91. The maximum Gasteiger partial charge on any atom is 0.326 e. The Morgan fingerprint density at radius 2 is 1.80 bits per heavy atom. The van der Waals surface area contributed by atoms with Gasteiger partial charge in [-0.2, -0.15) is 5.26 Å². The van der Waals surface area contributed by atoms with Gasteiger partial charge in [-0.25, -0.2) is 4.98 Å². The summed E-state index contributed by atoms with van der Waals surface area (Å²) in [5.41, 5.74) is 0.0129. The molecule has 1 aromatic heterocycles. The zero-order valence-corrected chi connectivity index (χ0v) is 16.0. The highest BCUT2D eigenvalue weighted by Gasteiger charge is 2.47. The molecule has 2 unspecified atom stereocenters. The quantitative estimate of drug-likeness (QED) is 0.411. The van der Waals surface area contributed by atoms with Crippen molar-refractivity contribution in [3.63, 3.8) is 0 Å². The van der Waals surface area contributed by atoms with E-state index in [0.29, 0.717) is 23.7 Å². The van der Waals surface area contributed by atoms with E-state index in [1.165, 1.54) is 0 Å². The van der Waals surface area contributed by atoms with Crippen LogP contribution in [0, 0.1) is 23.2 Å². The summed E-state index contributed by atoms with van der Waals surface area (Å²) in [4.78, 5) is 55.1. The van der Waals surface area contributed by atoms with Crippen LogP contribution in [0.5, 0.6) is 0 Å². The van der Waals surface area contributed by atoms with E-state index in [0.717, 1.165) is 9.47 Å². The molecule has 0 bridgehead atoms. The SMILES string of the molecule is N#CCn1c(COC(=O)CN2C(=O)C3CC=CCC3C2=O)nc2ccccc2c1=O. The number of fused-ring (bicyclic) bond motifs is 2. The third-order valence-corrected chi connectivity index (χ3v) is 5.42. The number of benzene rings is 1. The average molecular weight is 406 g/mol. The Morgan fingerprint density at radius 1 is 1.13 bits per heavy atom. The normalized spacial score (nSPS) is 20.3. The van der Waals surface area contributed by atoms with Gasteiger partial charge in [0.2, 0.25) is 11.8 Å². The lowest BCUT2D eigenvalue weighted by Gasteiger charge is -2.15. The third kappa shape index (κ3) is 3.37. The molecule has 0 saturated carbocycles. The van der Waals surface area contributed by atoms with Gasteiger partial charge in [0.15, 0.2) is 5.82 Å². The Bertz CT molecular complexity index is 1150. The number of nitriles is 1. The first kappa shape index (κ1) is 19.5. The molecule has 2 amide bonds. The molecule has 1 fully saturated rings. The molecule has 0 radical (unpaired) electrons. The zero-order valence-electron chi connectivity index (χ0n) is 16.0. The minimum absolute atomic E-state index is 0.116. The fraction of sp³-hybridized carbons (Fsp3) is 0.333. The number of esters is 1. The molecular weight excluding hydrogens is 388 g/mol. The van der Waals surface area contributed by atoms with Crippen molar-refractivity contribution in [2.24, 2.45) is 11.8 Å². The number of carbonyl (C=O) groups excluding carboxylic acids is 3. The van der Waals surface area contributed by atoms with Crippen LogP contribution in [0.3, 0.4) is 0 Å². The van der Waals surface area contributed by atoms with Crippen LogP contribution in [0.15, 0.2) is 41.2 Å². The second-order valence-corrected chi connectivity index (χ2v) is 7.17. The number of nitrogens with zero attached hydrogens (tertiary/aromatic N) is 4. The standard InChI is InChI=1S/C21H18N4O5/c22-9-10-24-17(23-16-8-4-3-7-15(16)21(24)29)12-30-18(26)11-25-19(27)13-5-1-2-6-14(13)20(25)28/h1-4,7-8,13-14H,5-6,10-12H2. The molecule has 1 aliphatic heterocycles. The first-order valence-electron chi connectivity index (χ1n) is 9.52. The van der Waals surface area contributed by atoms with E-state index in [2.05, 4.69) is 4.98 Å². The molecule has 0 spiro atoms. The van der Waals surface area contributed by atoms with Crippen LogP contribution in [0.2, 0.25) is 0 Å². The fourth-order valence-electron chi connectivity index (χ4n) is 3.90. The summed E-state index contributed by atoms with van der Waals surface area (Å²) in [5, 5.41) is 9.39. The van der Waals surface area contributed by atoms with Crippen LogP contribution >= 0.6 is 0 Å². The molecule has 9 nitrogen and oxygen atoms in total. The summed E-state index contributed by atoms with van der Waals surface area (Å²) in [5.74, 6) is -2.23. The maximum absolute atomic E-state index is 12.6. The predicted octanol–water partition coefficient (Wildman–Crippen LogP) is 0.914. The minimum Gasteiger partial charge on any atom is -0.456 e. The van der Waals surface area contributed by atoms with Crippen molar-refractivity contribution in [1.82, 2.24) is 14.5 Å². The van der Waals surface area contributed by atoms with Crippen molar-refractivity contribution in [1.29, 1.82) is 5.26 Å². The molecule has 2 aliphatic rings. The van der Waals surface area contributed by atoms with Gasteiger partial charge in [0.25, 0.3) is 5.56 Å². The molecule has 0 N–H and O–H groups in total. The Labute approximate surface area is 171 Å². The number of aromatic nitrogens is 2. The van der Waals surface area contributed by atoms with Gasteiger partial charge in [-0.05, 0) is 25.0 Å². The summed E-state index contributed by atoms with van der Waals surface area (Å²) in [6.45, 7) is -1.09. The van der Waals surface area contributed by atoms with E-state index in [4.69, 9.17) is 10.00 Å². The van der Waals surface area contributed by atoms with Gasteiger partial charge in [0, 0.05) is 0 Å². The van der Waals surface area contributed by atoms with Gasteiger partial charge < -0.3 is 4.74 Å². The number of hydrogen-bond donors (Lipinski definition) is 0. The first-order chi connectivity index (χ1) is 14.5. The number of imide groups is 1. The highest BCUT2D eigenvalue weighted by atomic mass is 16.5. The lowest BCUT2D eigenvalue weighted by Crippen LogP contribution is -2.37. The number of carbonyl (C=O) groups is 3. The number of amides is 2. The molecule has 1 saturated heterocycles. The summed E-state index contributed by atoms with van der Waals surface area (Å²) < 4.78 is 6.34. The second-order valence-electron chi connectivity index (χ2n) is 7.17.